The molecule has 0 aliphatic heterocycles. The van der Waals surface area contributed by atoms with E-state index in [1.54, 1.807) is 11.4 Å². The summed E-state index contributed by atoms with van der Waals surface area (Å²) in [6.07, 6.45) is 3.28. The maximum atomic E-state index is 12.4. The fraction of sp³-hybridized carbons (Fsp3) is 0.368. The van der Waals surface area contributed by atoms with Gasteiger partial charge in [-0.1, -0.05) is 24.3 Å². The Morgan fingerprint density at radius 2 is 2.12 bits per heavy atom. The van der Waals surface area contributed by atoms with Crippen molar-refractivity contribution in [2.75, 3.05) is 26.0 Å². The molecule has 1 atom stereocenters. The van der Waals surface area contributed by atoms with Crippen LogP contribution in [0.5, 0.6) is 0 Å². The Labute approximate surface area is 151 Å². The minimum Gasteiger partial charge on any atom is -0.465 e. The molecule has 5 nitrogen and oxygen atoms in total. The number of benzene rings is 1. The number of anilines is 1. The standard InChI is InChI=1S/C19H22N2O3S/c1-21(16-9-5-7-13-6-3-4-8-14(13)16)12-17(22)20-15-10-11-25-18(15)19(23)24-2/h3-4,6,8,10-11,16H,5,7,9,12H2,1-2H3,(H,20,22). The van der Waals surface area contributed by atoms with Gasteiger partial charge in [-0.2, -0.15) is 0 Å². The second-order valence-electron chi connectivity index (χ2n) is 6.23. The zero-order valence-corrected chi connectivity index (χ0v) is 15.3. The first-order valence-electron chi connectivity index (χ1n) is 8.34. The second kappa shape index (κ2) is 7.80. The summed E-state index contributed by atoms with van der Waals surface area (Å²) in [5.41, 5.74) is 3.20. The van der Waals surface area contributed by atoms with E-state index in [4.69, 9.17) is 4.74 Å². The smallest absolute Gasteiger partial charge is 0.350 e. The van der Waals surface area contributed by atoms with E-state index in [9.17, 15) is 9.59 Å². The van der Waals surface area contributed by atoms with E-state index in [1.165, 1.54) is 29.6 Å². The molecule has 0 fully saturated rings. The summed E-state index contributed by atoms with van der Waals surface area (Å²) in [6, 6.07) is 10.4. The molecule has 1 N–H and O–H groups in total. The molecule has 1 heterocycles. The number of likely N-dealkylation sites (N-methyl/N-ethyl adjacent to an activating group) is 1. The zero-order valence-electron chi connectivity index (χ0n) is 14.5. The molecule has 1 aromatic carbocycles. The number of nitrogens with one attached hydrogen (secondary N) is 1. The highest BCUT2D eigenvalue weighted by atomic mass is 32.1. The quantitative estimate of drug-likeness (QED) is 0.832. The van der Waals surface area contributed by atoms with Gasteiger partial charge in [0.05, 0.1) is 19.3 Å². The first kappa shape index (κ1) is 17.6. The molecule has 132 valence electrons. The number of nitrogens with zero attached hydrogens (tertiary/aromatic N) is 1. The molecule has 1 unspecified atom stereocenters. The molecule has 3 rings (SSSR count). The van der Waals surface area contributed by atoms with Gasteiger partial charge in [-0.05, 0) is 48.9 Å². The normalized spacial score (nSPS) is 16.4. The van der Waals surface area contributed by atoms with Crippen molar-refractivity contribution in [3.05, 3.63) is 51.7 Å². The maximum absolute atomic E-state index is 12.4. The molecule has 1 aliphatic carbocycles. The SMILES string of the molecule is COC(=O)c1sccc1NC(=O)CN(C)C1CCCc2ccccc21. The summed E-state index contributed by atoms with van der Waals surface area (Å²) < 4.78 is 4.74. The largest absolute Gasteiger partial charge is 0.465 e. The Balaban J connectivity index is 1.66. The molecule has 0 saturated carbocycles. The van der Waals surface area contributed by atoms with Gasteiger partial charge < -0.3 is 10.1 Å². The second-order valence-corrected chi connectivity index (χ2v) is 7.14. The van der Waals surface area contributed by atoms with Crippen LogP contribution in [0.25, 0.3) is 0 Å². The number of thiophene rings is 1. The number of rotatable bonds is 5. The number of methoxy groups -OCH3 is 1. The average molecular weight is 358 g/mol. The summed E-state index contributed by atoms with van der Waals surface area (Å²) in [7, 11) is 3.31. The van der Waals surface area contributed by atoms with Crippen molar-refractivity contribution >= 4 is 28.9 Å². The third-order valence-corrected chi connectivity index (χ3v) is 5.47. The van der Waals surface area contributed by atoms with Crippen molar-refractivity contribution in [3.63, 3.8) is 0 Å². The predicted octanol–water partition coefficient (Wildman–Crippen LogP) is 3.48. The number of amides is 1. The fourth-order valence-electron chi connectivity index (χ4n) is 3.37. The molecule has 0 saturated heterocycles. The van der Waals surface area contributed by atoms with E-state index >= 15 is 0 Å². The third-order valence-electron chi connectivity index (χ3n) is 4.57. The Kier molecular flexibility index (Phi) is 5.50. The maximum Gasteiger partial charge on any atom is 0.350 e. The molecule has 1 amide bonds. The average Bonchev–Trinajstić information content (AvgIpc) is 3.08. The lowest BCUT2D eigenvalue weighted by atomic mass is 9.87. The molecule has 2 aromatic rings. The number of hydrogen-bond acceptors (Lipinski definition) is 5. The molecule has 1 aromatic heterocycles. The highest BCUT2D eigenvalue weighted by molar-refractivity contribution is 7.12. The zero-order chi connectivity index (χ0) is 17.8. The van der Waals surface area contributed by atoms with Crippen molar-refractivity contribution in [1.82, 2.24) is 4.90 Å². The van der Waals surface area contributed by atoms with Crippen molar-refractivity contribution in [1.29, 1.82) is 0 Å². The van der Waals surface area contributed by atoms with Gasteiger partial charge in [0, 0.05) is 6.04 Å². The molecule has 0 radical (unpaired) electrons. The van der Waals surface area contributed by atoms with Gasteiger partial charge >= 0.3 is 5.97 Å². The van der Waals surface area contributed by atoms with Crippen LogP contribution in [0.1, 0.15) is 39.7 Å². The summed E-state index contributed by atoms with van der Waals surface area (Å²) >= 11 is 1.26. The Morgan fingerprint density at radius 3 is 2.92 bits per heavy atom. The summed E-state index contributed by atoms with van der Waals surface area (Å²) in [4.78, 5) is 26.6. The van der Waals surface area contributed by atoms with Crippen molar-refractivity contribution in [3.8, 4) is 0 Å². The Bertz CT molecular complexity index is 772. The van der Waals surface area contributed by atoms with E-state index in [0.717, 1.165) is 19.3 Å². The van der Waals surface area contributed by atoms with Crippen LogP contribution in [0.4, 0.5) is 5.69 Å². The van der Waals surface area contributed by atoms with Crippen LogP contribution in [0.15, 0.2) is 35.7 Å². The first-order valence-corrected chi connectivity index (χ1v) is 9.22. The lowest BCUT2D eigenvalue weighted by Gasteiger charge is -2.32. The lowest BCUT2D eigenvalue weighted by Crippen LogP contribution is -2.35. The van der Waals surface area contributed by atoms with Crippen LogP contribution in [0.3, 0.4) is 0 Å². The Hall–Kier alpha value is -2.18. The van der Waals surface area contributed by atoms with Crippen LogP contribution in [0, 0.1) is 0 Å². The van der Waals surface area contributed by atoms with Gasteiger partial charge in [0.2, 0.25) is 5.91 Å². The van der Waals surface area contributed by atoms with Gasteiger partial charge in [0.1, 0.15) is 4.88 Å². The number of ether oxygens (including phenoxy) is 1. The Morgan fingerprint density at radius 1 is 1.32 bits per heavy atom. The van der Waals surface area contributed by atoms with Crippen molar-refractivity contribution in [2.24, 2.45) is 0 Å². The number of carbonyl (C=O) groups excluding carboxylic acids is 2. The molecular formula is C19H22N2O3S. The number of carbonyl (C=O) groups is 2. The van der Waals surface area contributed by atoms with E-state index < -0.39 is 5.97 Å². The van der Waals surface area contributed by atoms with Gasteiger partial charge in [0.25, 0.3) is 0 Å². The lowest BCUT2D eigenvalue weighted by molar-refractivity contribution is -0.117. The van der Waals surface area contributed by atoms with Crippen molar-refractivity contribution in [2.45, 2.75) is 25.3 Å². The molecule has 0 bridgehead atoms. The van der Waals surface area contributed by atoms with E-state index in [-0.39, 0.29) is 18.5 Å². The summed E-state index contributed by atoms with van der Waals surface area (Å²) in [6.45, 7) is 0.273. The van der Waals surface area contributed by atoms with E-state index in [1.807, 2.05) is 7.05 Å². The van der Waals surface area contributed by atoms with Gasteiger partial charge in [-0.15, -0.1) is 11.3 Å². The topological polar surface area (TPSA) is 58.6 Å². The summed E-state index contributed by atoms with van der Waals surface area (Å²) in [5.74, 6) is -0.561. The molecule has 25 heavy (non-hydrogen) atoms. The van der Waals surface area contributed by atoms with Crippen LogP contribution in [0.2, 0.25) is 0 Å². The third kappa shape index (κ3) is 3.91. The van der Waals surface area contributed by atoms with Crippen LogP contribution in [-0.4, -0.2) is 37.5 Å². The predicted molar refractivity (Wildman–Crippen MR) is 99.0 cm³/mol. The van der Waals surface area contributed by atoms with Crippen LogP contribution in [-0.2, 0) is 16.0 Å². The van der Waals surface area contributed by atoms with Gasteiger partial charge in [-0.25, -0.2) is 4.79 Å². The minimum atomic E-state index is -0.431. The minimum absolute atomic E-state index is 0.130. The number of hydrogen-bond donors (Lipinski definition) is 1. The molecule has 1 aliphatic rings. The van der Waals surface area contributed by atoms with Gasteiger partial charge in [-0.3, -0.25) is 9.69 Å². The van der Waals surface area contributed by atoms with E-state index in [2.05, 4.69) is 34.5 Å². The van der Waals surface area contributed by atoms with E-state index in [0.29, 0.717) is 10.6 Å². The van der Waals surface area contributed by atoms with Gasteiger partial charge in [0.15, 0.2) is 0 Å². The number of fused-ring (bicyclic) bond motifs is 1. The van der Waals surface area contributed by atoms with Crippen molar-refractivity contribution < 1.29 is 14.3 Å². The fourth-order valence-corrected chi connectivity index (χ4v) is 4.14. The number of aryl methyl sites for hydroxylation is 1. The highest BCUT2D eigenvalue weighted by Crippen LogP contribution is 2.33. The highest BCUT2D eigenvalue weighted by Gasteiger charge is 2.25. The summed E-state index contributed by atoms with van der Waals surface area (Å²) in [5, 5.41) is 4.60. The molecular weight excluding hydrogens is 336 g/mol. The monoisotopic (exact) mass is 358 g/mol. The molecule has 6 heteroatoms. The number of esters is 1. The molecule has 0 spiro atoms. The van der Waals surface area contributed by atoms with Crippen LogP contribution >= 0.6 is 11.3 Å². The first-order chi connectivity index (χ1) is 12.1. The van der Waals surface area contributed by atoms with Crippen LogP contribution < -0.4 is 5.32 Å².